The van der Waals surface area contributed by atoms with E-state index < -0.39 is 0 Å². The number of aromatic nitrogens is 2. The second-order valence-electron chi connectivity index (χ2n) is 5.50. The summed E-state index contributed by atoms with van der Waals surface area (Å²) in [7, 11) is 0. The molecule has 0 aliphatic heterocycles. The van der Waals surface area contributed by atoms with Gasteiger partial charge in [-0.3, -0.25) is 9.48 Å². The molecule has 1 aromatic heterocycles. The minimum Gasteiger partial charge on any atom is -0.294 e. The molecule has 0 fully saturated rings. The minimum absolute atomic E-state index is 0.00777. The van der Waals surface area contributed by atoms with Crippen molar-refractivity contribution in [2.45, 2.75) is 39.7 Å². The molecule has 0 N–H and O–H groups in total. The van der Waals surface area contributed by atoms with E-state index >= 15 is 0 Å². The van der Waals surface area contributed by atoms with Crippen molar-refractivity contribution < 1.29 is 4.79 Å². The number of carbonyl (C=O) groups is 1. The molecule has 0 spiro atoms. The molecule has 1 aliphatic carbocycles. The molecule has 1 heterocycles. The van der Waals surface area contributed by atoms with E-state index in [1.165, 1.54) is 0 Å². The number of rotatable bonds is 4. The Labute approximate surface area is 129 Å². The number of carbonyl (C=O) groups excluding carboxylic acids is 1. The van der Waals surface area contributed by atoms with Gasteiger partial charge in [0.2, 0.25) is 0 Å². The van der Waals surface area contributed by atoms with Crippen molar-refractivity contribution in [3.05, 3.63) is 51.8 Å². The van der Waals surface area contributed by atoms with Crippen molar-refractivity contribution in [1.82, 2.24) is 9.78 Å². The molecule has 0 bridgehead atoms. The fourth-order valence-corrected chi connectivity index (χ4v) is 3.47. The van der Waals surface area contributed by atoms with Crippen molar-refractivity contribution in [2.24, 2.45) is 5.92 Å². The van der Waals surface area contributed by atoms with Gasteiger partial charge in [-0.1, -0.05) is 42.8 Å². The molecule has 1 aliphatic rings. The van der Waals surface area contributed by atoms with E-state index in [2.05, 4.69) is 18.9 Å². The van der Waals surface area contributed by atoms with Crippen molar-refractivity contribution in [3.63, 3.8) is 0 Å². The number of hydrogen-bond donors (Lipinski definition) is 0. The van der Waals surface area contributed by atoms with Gasteiger partial charge in [-0.15, -0.1) is 0 Å². The predicted octanol–water partition coefficient (Wildman–Crippen LogP) is 3.72. The van der Waals surface area contributed by atoms with Gasteiger partial charge in [-0.2, -0.15) is 5.10 Å². The predicted molar refractivity (Wildman–Crippen MR) is 84.0 cm³/mol. The highest BCUT2D eigenvalue weighted by Gasteiger charge is 2.32. The molecule has 2 aromatic rings. The molecule has 21 heavy (non-hydrogen) atoms. The lowest BCUT2D eigenvalue weighted by Gasteiger charge is -2.10. The van der Waals surface area contributed by atoms with Gasteiger partial charge in [0.25, 0.3) is 0 Å². The Hall–Kier alpha value is -1.61. The van der Waals surface area contributed by atoms with Gasteiger partial charge in [0.05, 0.1) is 16.4 Å². The number of ketones is 1. The topological polar surface area (TPSA) is 34.9 Å². The van der Waals surface area contributed by atoms with Crippen LogP contribution in [0.1, 0.15) is 41.2 Å². The number of halogens is 1. The monoisotopic (exact) mass is 302 g/mol. The van der Waals surface area contributed by atoms with Crippen LogP contribution >= 0.6 is 11.6 Å². The zero-order chi connectivity index (χ0) is 15.0. The standard InChI is InChI=1S/C17H19ClN2O/c1-3-14-16(18)15(20(4-2)19-14)10-12-9-11-7-5-6-8-13(11)17(12)21/h5-8,12H,3-4,9-10H2,1-2H3. The lowest BCUT2D eigenvalue weighted by Crippen LogP contribution is -2.15. The van der Waals surface area contributed by atoms with Crippen molar-refractivity contribution in [3.8, 4) is 0 Å². The molecule has 3 nitrogen and oxygen atoms in total. The average molecular weight is 303 g/mol. The van der Waals surface area contributed by atoms with E-state index in [1.807, 2.05) is 28.9 Å². The van der Waals surface area contributed by atoms with Crippen LogP contribution in [0.15, 0.2) is 24.3 Å². The molecule has 1 aromatic carbocycles. The zero-order valence-corrected chi connectivity index (χ0v) is 13.2. The third-order valence-electron chi connectivity index (χ3n) is 4.25. The highest BCUT2D eigenvalue weighted by Crippen LogP contribution is 2.32. The van der Waals surface area contributed by atoms with Crippen LogP contribution in [0.5, 0.6) is 0 Å². The Balaban J connectivity index is 1.89. The Morgan fingerprint density at radius 1 is 1.33 bits per heavy atom. The number of aryl methyl sites for hydroxylation is 2. The quantitative estimate of drug-likeness (QED) is 0.863. The van der Waals surface area contributed by atoms with E-state index in [1.54, 1.807) is 0 Å². The fraction of sp³-hybridized carbons (Fsp3) is 0.412. The molecular weight excluding hydrogens is 284 g/mol. The molecule has 110 valence electrons. The van der Waals surface area contributed by atoms with Crippen molar-refractivity contribution in [2.75, 3.05) is 0 Å². The van der Waals surface area contributed by atoms with Crippen LogP contribution < -0.4 is 0 Å². The number of Topliss-reactive ketones (excluding diaryl/α,β-unsaturated/α-hetero) is 1. The van der Waals surface area contributed by atoms with Gasteiger partial charge in [-0.05, 0) is 25.3 Å². The first-order valence-corrected chi connectivity index (χ1v) is 7.89. The van der Waals surface area contributed by atoms with E-state index in [9.17, 15) is 4.79 Å². The summed E-state index contributed by atoms with van der Waals surface area (Å²) < 4.78 is 1.94. The number of hydrogen-bond acceptors (Lipinski definition) is 2. The second-order valence-corrected chi connectivity index (χ2v) is 5.88. The third-order valence-corrected chi connectivity index (χ3v) is 4.69. The lowest BCUT2D eigenvalue weighted by molar-refractivity contribution is 0.0935. The molecular formula is C17H19ClN2O. The summed E-state index contributed by atoms with van der Waals surface area (Å²) in [4.78, 5) is 12.5. The lowest BCUT2D eigenvalue weighted by atomic mass is 9.98. The first-order valence-electron chi connectivity index (χ1n) is 7.51. The summed E-state index contributed by atoms with van der Waals surface area (Å²) in [6.45, 7) is 4.88. The van der Waals surface area contributed by atoms with Crippen molar-refractivity contribution in [1.29, 1.82) is 0 Å². The summed E-state index contributed by atoms with van der Waals surface area (Å²) >= 11 is 6.45. The first kappa shape index (κ1) is 14.3. The van der Waals surface area contributed by atoms with Gasteiger partial charge in [-0.25, -0.2) is 0 Å². The molecule has 0 saturated heterocycles. The number of fused-ring (bicyclic) bond motifs is 1. The molecule has 0 radical (unpaired) electrons. The fourth-order valence-electron chi connectivity index (χ4n) is 3.13. The smallest absolute Gasteiger partial charge is 0.166 e. The Kier molecular flexibility index (Phi) is 3.85. The summed E-state index contributed by atoms with van der Waals surface area (Å²) in [5.41, 5.74) is 3.96. The Morgan fingerprint density at radius 2 is 2.10 bits per heavy atom. The second kappa shape index (κ2) is 5.64. The van der Waals surface area contributed by atoms with Gasteiger partial charge in [0, 0.05) is 24.4 Å². The normalized spacial score (nSPS) is 17.3. The highest BCUT2D eigenvalue weighted by atomic mass is 35.5. The Bertz CT molecular complexity index is 690. The summed E-state index contributed by atoms with van der Waals surface area (Å²) in [5, 5.41) is 5.28. The Morgan fingerprint density at radius 3 is 2.76 bits per heavy atom. The van der Waals surface area contributed by atoms with Crippen LogP contribution in [0.2, 0.25) is 5.02 Å². The van der Waals surface area contributed by atoms with Crippen LogP contribution in [-0.2, 0) is 25.8 Å². The van der Waals surface area contributed by atoms with Crippen LogP contribution in [0, 0.1) is 5.92 Å². The maximum atomic E-state index is 12.5. The average Bonchev–Trinajstić information content (AvgIpc) is 2.99. The van der Waals surface area contributed by atoms with E-state index in [4.69, 9.17) is 11.6 Å². The summed E-state index contributed by atoms with van der Waals surface area (Å²) in [6.07, 6.45) is 2.30. The summed E-state index contributed by atoms with van der Waals surface area (Å²) in [5.74, 6) is 0.232. The zero-order valence-electron chi connectivity index (χ0n) is 12.4. The van der Waals surface area contributed by atoms with Gasteiger partial charge < -0.3 is 0 Å². The number of nitrogens with zero attached hydrogens (tertiary/aromatic N) is 2. The maximum absolute atomic E-state index is 12.5. The molecule has 0 saturated carbocycles. The van der Waals surface area contributed by atoms with Crippen LogP contribution in [0.3, 0.4) is 0 Å². The van der Waals surface area contributed by atoms with E-state index in [0.717, 1.165) is 46.9 Å². The van der Waals surface area contributed by atoms with E-state index in [0.29, 0.717) is 6.42 Å². The number of benzene rings is 1. The minimum atomic E-state index is -0.00777. The third kappa shape index (κ3) is 2.40. The van der Waals surface area contributed by atoms with Gasteiger partial charge in [0.1, 0.15) is 0 Å². The van der Waals surface area contributed by atoms with Crippen LogP contribution in [-0.4, -0.2) is 15.6 Å². The summed E-state index contributed by atoms with van der Waals surface area (Å²) in [6, 6.07) is 7.89. The molecule has 1 atom stereocenters. The van der Waals surface area contributed by atoms with Gasteiger partial charge >= 0.3 is 0 Å². The maximum Gasteiger partial charge on any atom is 0.166 e. The first-order chi connectivity index (χ1) is 10.2. The van der Waals surface area contributed by atoms with Gasteiger partial charge in [0.15, 0.2) is 5.78 Å². The molecule has 1 unspecified atom stereocenters. The van der Waals surface area contributed by atoms with Crippen LogP contribution in [0.25, 0.3) is 0 Å². The highest BCUT2D eigenvalue weighted by molar-refractivity contribution is 6.32. The SMILES string of the molecule is CCc1nn(CC)c(CC2Cc3ccccc3C2=O)c1Cl. The molecule has 0 amide bonds. The molecule has 3 rings (SSSR count). The van der Waals surface area contributed by atoms with Crippen LogP contribution in [0.4, 0.5) is 0 Å². The van der Waals surface area contributed by atoms with Crippen molar-refractivity contribution >= 4 is 17.4 Å². The van der Waals surface area contributed by atoms with E-state index in [-0.39, 0.29) is 11.7 Å². The molecule has 4 heteroatoms. The largest absolute Gasteiger partial charge is 0.294 e.